The first-order chi connectivity index (χ1) is 13.1. The zero-order valence-corrected chi connectivity index (χ0v) is 14.2. The van der Waals surface area contributed by atoms with Crippen molar-refractivity contribution in [3.63, 3.8) is 0 Å². The van der Waals surface area contributed by atoms with Crippen molar-refractivity contribution >= 4 is 21.8 Å². The Morgan fingerprint density at radius 3 is 2.78 bits per heavy atom. The highest BCUT2D eigenvalue weighted by Crippen LogP contribution is 2.20. The molecule has 0 saturated heterocycles. The van der Waals surface area contributed by atoms with Gasteiger partial charge in [0.05, 0.1) is 35.4 Å². The second-order valence-electron chi connectivity index (χ2n) is 6.27. The van der Waals surface area contributed by atoms with E-state index < -0.39 is 0 Å². The highest BCUT2D eigenvalue weighted by molar-refractivity contribution is 5.93. The Labute approximate surface area is 150 Å². The van der Waals surface area contributed by atoms with Crippen LogP contribution >= 0.6 is 0 Å². The van der Waals surface area contributed by atoms with Gasteiger partial charge in [-0.3, -0.25) is 14.2 Å². The SMILES string of the molecule is C[C@H](Cn1ncnn1)n1nnc2cc3c(=O)n4c(nc3cc2c1=O)OCC4. The molecule has 1 aliphatic rings. The Morgan fingerprint density at radius 1 is 1.15 bits per heavy atom. The Kier molecular flexibility index (Phi) is 3.26. The van der Waals surface area contributed by atoms with E-state index in [0.717, 1.165) is 0 Å². The van der Waals surface area contributed by atoms with Gasteiger partial charge in [-0.1, -0.05) is 5.21 Å². The predicted octanol–water partition coefficient (Wildman–Crippen LogP) is -0.859. The first-order valence-electron chi connectivity index (χ1n) is 8.29. The maximum Gasteiger partial charge on any atom is 0.299 e. The van der Waals surface area contributed by atoms with Gasteiger partial charge < -0.3 is 4.74 Å². The quantitative estimate of drug-likeness (QED) is 0.424. The lowest BCUT2D eigenvalue weighted by atomic mass is 10.1. The number of tetrazole rings is 1. The van der Waals surface area contributed by atoms with E-state index in [1.54, 1.807) is 19.1 Å². The molecule has 0 spiro atoms. The van der Waals surface area contributed by atoms with Crippen molar-refractivity contribution in [2.45, 2.75) is 26.1 Å². The van der Waals surface area contributed by atoms with Crippen LogP contribution < -0.4 is 15.9 Å². The topological polar surface area (TPSA) is 136 Å². The standard InChI is InChI=1S/C15H13N9O3/c1-8(6-23-17-7-16-20-23)24-14(26)10-4-11-9(5-12(10)19-21-24)13(25)22-2-3-27-15(22)18-11/h4-5,7-8H,2-3,6H2,1H3/t8-/m1/s1. The number of fused-ring (bicyclic) bond motifs is 3. The Bertz CT molecular complexity index is 1290. The van der Waals surface area contributed by atoms with Gasteiger partial charge in [0.2, 0.25) is 0 Å². The minimum Gasteiger partial charge on any atom is -0.463 e. The highest BCUT2D eigenvalue weighted by atomic mass is 16.5. The largest absolute Gasteiger partial charge is 0.463 e. The average molecular weight is 367 g/mol. The monoisotopic (exact) mass is 367 g/mol. The van der Waals surface area contributed by atoms with Gasteiger partial charge in [0, 0.05) is 0 Å². The van der Waals surface area contributed by atoms with E-state index in [2.05, 4.69) is 30.7 Å². The summed E-state index contributed by atoms with van der Waals surface area (Å²) in [6.45, 7) is 2.97. The minimum atomic E-state index is -0.346. The Hall–Kier alpha value is -3.70. The maximum atomic E-state index is 12.9. The van der Waals surface area contributed by atoms with E-state index >= 15 is 0 Å². The number of hydrogen-bond acceptors (Lipinski definition) is 9. The number of hydrogen-bond donors (Lipinski definition) is 0. The average Bonchev–Trinajstić information content (AvgIpc) is 3.33. The van der Waals surface area contributed by atoms with E-state index in [1.807, 2.05) is 0 Å². The molecule has 12 heteroatoms. The summed E-state index contributed by atoms with van der Waals surface area (Å²) in [5.74, 6) is 0. The van der Waals surface area contributed by atoms with Crippen LogP contribution in [0.3, 0.4) is 0 Å². The van der Waals surface area contributed by atoms with Crippen LogP contribution in [0.2, 0.25) is 0 Å². The molecule has 0 radical (unpaired) electrons. The summed E-state index contributed by atoms with van der Waals surface area (Å²) >= 11 is 0. The van der Waals surface area contributed by atoms with Gasteiger partial charge >= 0.3 is 0 Å². The van der Waals surface area contributed by atoms with E-state index in [1.165, 1.54) is 20.4 Å². The fourth-order valence-electron chi connectivity index (χ4n) is 3.16. The van der Waals surface area contributed by atoms with Crippen molar-refractivity contribution in [3.8, 4) is 6.01 Å². The van der Waals surface area contributed by atoms with Crippen molar-refractivity contribution in [2.75, 3.05) is 6.61 Å². The first kappa shape index (κ1) is 15.5. The Morgan fingerprint density at radius 2 is 1.96 bits per heavy atom. The fraction of sp³-hybridized carbons (Fsp3) is 0.333. The van der Waals surface area contributed by atoms with E-state index in [4.69, 9.17) is 4.74 Å². The fourth-order valence-corrected chi connectivity index (χ4v) is 3.16. The summed E-state index contributed by atoms with van der Waals surface area (Å²) in [5.41, 5.74) is 0.180. The zero-order valence-electron chi connectivity index (χ0n) is 14.2. The molecule has 3 aromatic heterocycles. The number of rotatable bonds is 3. The molecular formula is C15H13N9O3. The number of nitrogens with zero attached hydrogens (tertiary/aromatic N) is 9. The van der Waals surface area contributed by atoms with Crippen molar-refractivity contribution < 1.29 is 4.74 Å². The molecule has 0 fully saturated rings. The zero-order chi connectivity index (χ0) is 18.5. The molecule has 4 aromatic rings. The molecule has 1 aliphatic heterocycles. The smallest absolute Gasteiger partial charge is 0.299 e. The molecule has 4 heterocycles. The first-order valence-corrected chi connectivity index (χ1v) is 8.29. The van der Waals surface area contributed by atoms with Gasteiger partial charge in [-0.15, -0.1) is 15.3 Å². The molecule has 0 N–H and O–H groups in total. The van der Waals surface area contributed by atoms with E-state index in [0.29, 0.717) is 41.5 Å². The molecule has 0 saturated carbocycles. The third-order valence-electron chi connectivity index (χ3n) is 4.51. The molecule has 136 valence electrons. The van der Waals surface area contributed by atoms with Crippen LogP contribution in [0.5, 0.6) is 6.01 Å². The molecule has 5 rings (SSSR count). The molecule has 0 unspecified atom stereocenters. The van der Waals surface area contributed by atoms with Gasteiger partial charge in [-0.25, -0.2) is 4.68 Å². The van der Waals surface area contributed by atoms with E-state index in [9.17, 15) is 9.59 Å². The van der Waals surface area contributed by atoms with Gasteiger partial charge in [0.15, 0.2) is 6.33 Å². The van der Waals surface area contributed by atoms with Gasteiger partial charge in [-0.2, -0.15) is 9.78 Å². The molecule has 0 bridgehead atoms. The minimum absolute atomic E-state index is 0.217. The second-order valence-corrected chi connectivity index (χ2v) is 6.27. The van der Waals surface area contributed by atoms with E-state index in [-0.39, 0.29) is 23.2 Å². The second kappa shape index (κ2) is 5.65. The lowest BCUT2D eigenvalue weighted by Gasteiger charge is -2.12. The van der Waals surface area contributed by atoms with Crippen LogP contribution in [0, 0.1) is 0 Å². The van der Waals surface area contributed by atoms with Crippen molar-refractivity contribution in [3.05, 3.63) is 39.2 Å². The molecule has 0 amide bonds. The number of benzene rings is 1. The number of ether oxygens (including phenoxy) is 1. The van der Waals surface area contributed by atoms with Gasteiger partial charge in [0.1, 0.15) is 12.1 Å². The maximum absolute atomic E-state index is 12.9. The molecule has 12 nitrogen and oxygen atoms in total. The lowest BCUT2D eigenvalue weighted by Crippen LogP contribution is -2.30. The van der Waals surface area contributed by atoms with Crippen LogP contribution in [0.15, 0.2) is 28.0 Å². The van der Waals surface area contributed by atoms with Crippen LogP contribution in [0.25, 0.3) is 21.8 Å². The molecular weight excluding hydrogens is 354 g/mol. The lowest BCUT2D eigenvalue weighted by molar-refractivity contribution is 0.345. The highest BCUT2D eigenvalue weighted by Gasteiger charge is 2.20. The van der Waals surface area contributed by atoms with Crippen LogP contribution in [0.1, 0.15) is 13.0 Å². The summed E-state index contributed by atoms with van der Waals surface area (Å²) in [5, 5.41) is 20.2. The summed E-state index contributed by atoms with van der Waals surface area (Å²) in [4.78, 5) is 31.2. The Balaban J connectivity index is 1.67. The summed E-state index contributed by atoms with van der Waals surface area (Å²) < 4.78 is 8.09. The third kappa shape index (κ3) is 2.37. The molecule has 0 aliphatic carbocycles. The molecule has 1 atom stereocenters. The van der Waals surface area contributed by atoms with Crippen molar-refractivity contribution in [2.24, 2.45) is 0 Å². The van der Waals surface area contributed by atoms with Crippen LogP contribution in [0.4, 0.5) is 0 Å². The van der Waals surface area contributed by atoms with Crippen molar-refractivity contribution in [1.82, 2.24) is 44.8 Å². The normalized spacial score (nSPS) is 14.4. The molecule has 1 aromatic carbocycles. The summed E-state index contributed by atoms with van der Waals surface area (Å²) in [7, 11) is 0. The predicted molar refractivity (Wildman–Crippen MR) is 91.4 cm³/mol. The van der Waals surface area contributed by atoms with Gasteiger partial charge in [0.25, 0.3) is 17.1 Å². The number of aromatic nitrogens is 9. The third-order valence-corrected chi connectivity index (χ3v) is 4.51. The molecule has 27 heavy (non-hydrogen) atoms. The van der Waals surface area contributed by atoms with Crippen LogP contribution in [-0.4, -0.2) is 51.4 Å². The summed E-state index contributed by atoms with van der Waals surface area (Å²) in [6.07, 6.45) is 1.32. The van der Waals surface area contributed by atoms with Gasteiger partial charge in [-0.05, 0) is 24.3 Å². The summed E-state index contributed by atoms with van der Waals surface area (Å²) in [6, 6.07) is 3.03. The van der Waals surface area contributed by atoms with Crippen molar-refractivity contribution in [1.29, 1.82) is 0 Å². The van der Waals surface area contributed by atoms with Crippen LogP contribution in [-0.2, 0) is 13.1 Å².